The van der Waals surface area contributed by atoms with E-state index in [9.17, 15) is 44.6 Å². The Balaban J connectivity index is 2.58. The van der Waals surface area contributed by atoms with E-state index in [2.05, 4.69) is 15.9 Å². The molecule has 1 aromatic rings. The van der Waals surface area contributed by atoms with E-state index in [4.69, 9.17) is 0 Å². The molecule has 1 nitrogen and oxygen atoms in total. The van der Waals surface area contributed by atoms with Gasteiger partial charge in [0.1, 0.15) is 0 Å². The highest BCUT2D eigenvalue weighted by molar-refractivity contribution is 9.10. The van der Waals surface area contributed by atoms with Crippen molar-refractivity contribution in [1.82, 2.24) is 0 Å². The molecule has 11 heteroatoms. The standard InChI is InChI=1S/C14H10BrF9O/c1-9(25,7-2-4-8(15)5-3-7)6-10(16)11(17,18)13(21,22)14(23,24)12(10,19)20/h2-5,25H,6H2,1H3. The summed E-state index contributed by atoms with van der Waals surface area (Å²) in [7, 11) is 0. The minimum atomic E-state index is -6.64. The Morgan fingerprint density at radius 1 is 0.800 bits per heavy atom. The number of alkyl halides is 9. The Kier molecular flexibility index (Phi) is 4.29. The molecular weight excluding hydrogens is 435 g/mol. The molecule has 1 fully saturated rings. The van der Waals surface area contributed by atoms with Gasteiger partial charge in [-0.3, -0.25) is 0 Å². The lowest BCUT2D eigenvalue weighted by atomic mass is 9.80. The highest BCUT2D eigenvalue weighted by atomic mass is 79.9. The molecule has 0 radical (unpaired) electrons. The lowest BCUT2D eigenvalue weighted by molar-refractivity contribution is -0.303. The topological polar surface area (TPSA) is 20.2 Å². The van der Waals surface area contributed by atoms with Crippen molar-refractivity contribution in [3.63, 3.8) is 0 Å². The van der Waals surface area contributed by atoms with Crippen molar-refractivity contribution in [3.8, 4) is 0 Å². The predicted octanol–water partition coefficient (Wildman–Crippen LogP) is 5.31. The second kappa shape index (κ2) is 5.28. The van der Waals surface area contributed by atoms with Crippen molar-refractivity contribution in [3.05, 3.63) is 34.3 Å². The SMILES string of the molecule is CC(O)(CC1(F)C(F)(F)C(F)(F)C(F)(F)C1(F)F)c1ccc(Br)cc1. The Bertz CT molecular complexity index is 643. The molecule has 25 heavy (non-hydrogen) atoms. The minimum Gasteiger partial charge on any atom is -0.385 e. The molecule has 0 heterocycles. The maximum Gasteiger partial charge on any atom is 0.381 e. The normalized spacial score (nSPS) is 27.7. The summed E-state index contributed by atoms with van der Waals surface area (Å²) in [5.74, 6) is -26.1. The summed E-state index contributed by atoms with van der Waals surface area (Å²) in [6.45, 7) is 0.582. The maximum absolute atomic E-state index is 14.5. The molecule has 1 saturated carbocycles. The van der Waals surface area contributed by atoms with Gasteiger partial charge < -0.3 is 5.11 Å². The van der Waals surface area contributed by atoms with Crippen molar-refractivity contribution in [2.24, 2.45) is 0 Å². The van der Waals surface area contributed by atoms with Crippen LogP contribution < -0.4 is 0 Å². The Morgan fingerprint density at radius 3 is 1.52 bits per heavy atom. The van der Waals surface area contributed by atoms with E-state index in [1.54, 1.807) is 0 Å². The summed E-state index contributed by atoms with van der Waals surface area (Å²) in [4.78, 5) is 0. The molecule has 0 bridgehead atoms. The molecule has 1 N–H and O–H groups in total. The molecular formula is C14H10BrF9O. The number of rotatable bonds is 3. The quantitative estimate of drug-likeness (QED) is 0.626. The van der Waals surface area contributed by atoms with Crippen LogP contribution in [0.15, 0.2) is 28.7 Å². The fourth-order valence-electron chi connectivity index (χ4n) is 2.70. The molecule has 0 aliphatic heterocycles. The van der Waals surface area contributed by atoms with Crippen LogP contribution in [0.2, 0.25) is 0 Å². The van der Waals surface area contributed by atoms with Gasteiger partial charge in [-0.15, -0.1) is 0 Å². The summed E-state index contributed by atoms with van der Waals surface area (Å²) in [5, 5.41) is 10.1. The number of halogens is 10. The van der Waals surface area contributed by atoms with Crippen molar-refractivity contribution < 1.29 is 44.6 Å². The third-order valence-electron chi connectivity index (χ3n) is 4.23. The third kappa shape index (κ3) is 2.34. The van der Waals surface area contributed by atoms with Crippen LogP contribution >= 0.6 is 15.9 Å². The first-order chi connectivity index (χ1) is 11.0. The second-order valence-corrected chi connectivity index (χ2v) is 6.97. The molecule has 1 aromatic carbocycles. The summed E-state index contributed by atoms with van der Waals surface area (Å²) in [6.07, 6.45) is -2.38. The van der Waals surface area contributed by atoms with Crippen molar-refractivity contribution >= 4 is 15.9 Å². The van der Waals surface area contributed by atoms with Crippen molar-refractivity contribution in [1.29, 1.82) is 0 Å². The highest BCUT2D eigenvalue weighted by Gasteiger charge is 3.00. The van der Waals surface area contributed by atoms with E-state index in [0.29, 0.717) is 11.4 Å². The fourth-order valence-corrected chi connectivity index (χ4v) is 2.96. The molecule has 0 amide bonds. The van der Waals surface area contributed by atoms with Crippen molar-refractivity contribution in [2.75, 3.05) is 0 Å². The van der Waals surface area contributed by atoms with Crippen LogP contribution in [0.5, 0.6) is 0 Å². The first-order valence-corrected chi connectivity index (χ1v) is 7.43. The first kappa shape index (κ1) is 20.3. The van der Waals surface area contributed by atoms with Crippen LogP contribution in [0.25, 0.3) is 0 Å². The molecule has 1 atom stereocenters. The highest BCUT2D eigenvalue weighted by Crippen LogP contribution is 2.70. The number of benzene rings is 1. The van der Waals surface area contributed by atoms with E-state index in [-0.39, 0.29) is 0 Å². The molecule has 2 rings (SSSR count). The van der Waals surface area contributed by atoms with Crippen LogP contribution in [0.4, 0.5) is 39.5 Å². The zero-order valence-corrected chi connectivity index (χ0v) is 13.8. The van der Waals surface area contributed by atoms with Crippen LogP contribution in [0, 0.1) is 0 Å². The van der Waals surface area contributed by atoms with Gasteiger partial charge in [0.15, 0.2) is 0 Å². The first-order valence-electron chi connectivity index (χ1n) is 6.64. The van der Waals surface area contributed by atoms with Crippen LogP contribution in [0.1, 0.15) is 18.9 Å². The molecule has 1 unspecified atom stereocenters. The maximum atomic E-state index is 14.5. The summed E-state index contributed by atoms with van der Waals surface area (Å²) in [5.41, 5.74) is -8.96. The smallest absolute Gasteiger partial charge is 0.381 e. The van der Waals surface area contributed by atoms with Gasteiger partial charge in [0, 0.05) is 10.9 Å². The molecule has 0 aromatic heterocycles. The molecule has 1 aliphatic rings. The van der Waals surface area contributed by atoms with Gasteiger partial charge in [-0.1, -0.05) is 28.1 Å². The van der Waals surface area contributed by atoms with E-state index >= 15 is 0 Å². The van der Waals surface area contributed by atoms with Gasteiger partial charge in [0.05, 0.1) is 5.60 Å². The van der Waals surface area contributed by atoms with Gasteiger partial charge in [-0.2, -0.15) is 35.1 Å². The van der Waals surface area contributed by atoms with Gasteiger partial charge in [0.2, 0.25) is 0 Å². The lowest BCUT2D eigenvalue weighted by Crippen LogP contribution is -2.57. The lowest BCUT2D eigenvalue weighted by Gasteiger charge is -2.36. The van der Waals surface area contributed by atoms with Crippen LogP contribution in [-0.2, 0) is 5.60 Å². The average molecular weight is 445 g/mol. The van der Waals surface area contributed by atoms with E-state index in [1.807, 2.05) is 0 Å². The van der Waals surface area contributed by atoms with E-state index < -0.39 is 46.9 Å². The van der Waals surface area contributed by atoms with E-state index in [1.165, 1.54) is 12.1 Å². The Labute approximate surface area is 143 Å². The largest absolute Gasteiger partial charge is 0.385 e. The van der Waals surface area contributed by atoms with Crippen LogP contribution in [-0.4, -0.2) is 34.5 Å². The Morgan fingerprint density at radius 2 is 1.16 bits per heavy atom. The zero-order chi connectivity index (χ0) is 19.7. The summed E-state index contributed by atoms with van der Waals surface area (Å²) < 4.78 is 122. The van der Waals surface area contributed by atoms with Gasteiger partial charge >= 0.3 is 23.7 Å². The number of hydrogen-bond donors (Lipinski definition) is 1. The van der Waals surface area contributed by atoms with E-state index in [0.717, 1.165) is 12.1 Å². The molecule has 0 spiro atoms. The van der Waals surface area contributed by atoms with Crippen molar-refractivity contribution in [2.45, 2.75) is 48.3 Å². The summed E-state index contributed by atoms with van der Waals surface area (Å²) >= 11 is 2.98. The molecule has 1 aliphatic carbocycles. The minimum absolute atomic E-state index is 0.405. The third-order valence-corrected chi connectivity index (χ3v) is 4.76. The van der Waals surface area contributed by atoms with Gasteiger partial charge in [-0.25, -0.2) is 4.39 Å². The fraction of sp³-hybridized carbons (Fsp3) is 0.571. The number of aliphatic hydroxyl groups is 1. The number of hydrogen-bond acceptors (Lipinski definition) is 1. The monoisotopic (exact) mass is 444 g/mol. The van der Waals surface area contributed by atoms with Gasteiger partial charge in [0.25, 0.3) is 5.67 Å². The van der Waals surface area contributed by atoms with Crippen LogP contribution in [0.3, 0.4) is 0 Å². The molecule has 142 valence electrons. The second-order valence-electron chi connectivity index (χ2n) is 6.06. The van der Waals surface area contributed by atoms with Gasteiger partial charge in [-0.05, 0) is 24.6 Å². The zero-order valence-electron chi connectivity index (χ0n) is 12.2. The molecule has 0 saturated heterocycles. The average Bonchev–Trinajstić information content (AvgIpc) is 2.49. The Hall–Kier alpha value is -0.970. The predicted molar refractivity (Wildman–Crippen MR) is 72.0 cm³/mol. The summed E-state index contributed by atoms with van der Waals surface area (Å²) in [6, 6.07) is 4.47.